The minimum Gasteiger partial charge on any atom is -0.399 e. The number of nitrogens with two attached hydrogens (primary N) is 1. The normalized spacial score (nSPS) is 13.4. The van der Waals surface area contributed by atoms with Crippen molar-refractivity contribution in [2.75, 3.05) is 5.73 Å². The lowest BCUT2D eigenvalue weighted by atomic mass is 10.0. The second kappa shape index (κ2) is 6.75. The van der Waals surface area contributed by atoms with Crippen molar-refractivity contribution in [2.45, 2.75) is 20.8 Å². The Labute approximate surface area is 125 Å². The minimum atomic E-state index is 0.740. The molecule has 2 N–H and O–H groups in total. The van der Waals surface area contributed by atoms with E-state index in [0.29, 0.717) is 0 Å². The first-order valence-corrected chi connectivity index (χ1v) is 7.07. The van der Waals surface area contributed by atoms with Crippen molar-refractivity contribution < 1.29 is 0 Å². The van der Waals surface area contributed by atoms with Crippen LogP contribution in [0.25, 0.3) is 17.2 Å². The molecule has 3 heteroatoms. The molecule has 0 saturated heterocycles. The Morgan fingerprint density at radius 3 is 2.67 bits per heavy atom. The quantitative estimate of drug-likeness (QED) is 0.838. The first-order valence-electron chi connectivity index (χ1n) is 7.07. The summed E-state index contributed by atoms with van der Waals surface area (Å²) < 4.78 is 1.87. The van der Waals surface area contributed by atoms with Crippen molar-refractivity contribution >= 4 is 22.9 Å². The third-order valence-corrected chi connectivity index (χ3v) is 3.12. The van der Waals surface area contributed by atoms with E-state index in [-0.39, 0.29) is 0 Å². The van der Waals surface area contributed by atoms with Gasteiger partial charge in [-0.1, -0.05) is 42.5 Å². The summed E-state index contributed by atoms with van der Waals surface area (Å²) >= 11 is 0. The van der Waals surface area contributed by atoms with E-state index in [1.165, 1.54) is 0 Å². The molecule has 0 atom stereocenters. The van der Waals surface area contributed by atoms with Crippen molar-refractivity contribution in [1.82, 2.24) is 9.61 Å². The van der Waals surface area contributed by atoms with Gasteiger partial charge in [-0.25, -0.2) is 4.52 Å². The van der Waals surface area contributed by atoms with Crippen LogP contribution in [0.3, 0.4) is 0 Å². The largest absolute Gasteiger partial charge is 0.399 e. The number of hydrogen-bond acceptors (Lipinski definition) is 2. The maximum Gasteiger partial charge on any atom is 0.101 e. The van der Waals surface area contributed by atoms with Crippen LogP contribution in [-0.2, 0) is 0 Å². The fourth-order valence-corrected chi connectivity index (χ4v) is 2.22. The molecular formula is C18H21N3. The summed E-state index contributed by atoms with van der Waals surface area (Å²) in [5.41, 5.74) is 10.8. The first kappa shape index (κ1) is 14.9. The Bertz CT molecular complexity index is 743. The van der Waals surface area contributed by atoms with Crippen LogP contribution in [0.1, 0.15) is 32.0 Å². The van der Waals surface area contributed by atoms with Crippen LogP contribution in [0.4, 0.5) is 5.69 Å². The standard InChI is InChI=1S/C18H21N3/c1-4-7-10-14(8-5-2)18-16(9-6-3)17-13-15(19)11-12-21(17)20-18/h4-13H,19H2,1-3H3/b7-4-,8-5-,9-6+,14-10+. The molecule has 108 valence electrons. The topological polar surface area (TPSA) is 43.3 Å². The summed E-state index contributed by atoms with van der Waals surface area (Å²) in [4.78, 5) is 0. The maximum absolute atomic E-state index is 5.91. The number of anilines is 1. The highest BCUT2D eigenvalue weighted by atomic mass is 15.2. The molecule has 0 saturated carbocycles. The van der Waals surface area contributed by atoms with Gasteiger partial charge in [-0.3, -0.25) is 0 Å². The highest BCUT2D eigenvalue weighted by Crippen LogP contribution is 2.26. The third kappa shape index (κ3) is 3.14. The molecule has 2 aromatic rings. The van der Waals surface area contributed by atoms with Gasteiger partial charge in [0.05, 0.1) is 5.52 Å². The van der Waals surface area contributed by atoms with E-state index in [1.807, 2.05) is 67.9 Å². The molecule has 0 aliphatic carbocycles. The SMILES string of the molecule is C\C=C/C=C(\C=C/C)c1nn2ccc(N)cc2c1/C=C/C. The number of rotatable bonds is 4. The van der Waals surface area contributed by atoms with E-state index in [4.69, 9.17) is 10.8 Å². The number of nitrogen functional groups attached to an aromatic ring is 1. The Morgan fingerprint density at radius 1 is 1.19 bits per heavy atom. The van der Waals surface area contributed by atoms with Gasteiger partial charge in [-0.05, 0) is 32.9 Å². The molecule has 0 amide bonds. The summed E-state index contributed by atoms with van der Waals surface area (Å²) in [6.07, 6.45) is 16.2. The Morgan fingerprint density at radius 2 is 2.00 bits per heavy atom. The summed E-state index contributed by atoms with van der Waals surface area (Å²) in [5, 5.41) is 4.70. The third-order valence-electron chi connectivity index (χ3n) is 3.12. The van der Waals surface area contributed by atoms with Crippen LogP contribution < -0.4 is 5.73 Å². The van der Waals surface area contributed by atoms with E-state index in [1.54, 1.807) is 0 Å². The lowest BCUT2D eigenvalue weighted by Crippen LogP contribution is -1.90. The minimum absolute atomic E-state index is 0.740. The van der Waals surface area contributed by atoms with E-state index in [2.05, 4.69) is 18.2 Å². The number of aromatic nitrogens is 2. The van der Waals surface area contributed by atoms with Crippen molar-refractivity contribution in [1.29, 1.82) is 0 Å². The first-order chi connectivity index (χ1) is 10.2. The summed E-state index contributed by atoms with van der Waals surface area (Å²) in [6.45, 7) is 6.01. The summed E-state index contributed by atoms with van der Waals surface area (Å²) in [6, 6.07) is 3.81. The molecular weight excluding hydrogens is 258 g/mol. The number of fused-ring (bicyclic) bond motifs is 1. The molecule has 2 heterocycles. The molecule has 0 aliphatic rings. The van der Waals surface area contributed by atoms with Crippen LogP contribution in [0, 0.1) is 0 Å². The molecule has 0 aliphatic heterocycles. The fourth-order valence-electron chi connectivity index (χ4n) is 2.22. The van der Waals surface area contributed by atoms with Gasteiger partial charge in [0.25, 0.3) is 0 Å². The van der Waals surface area contributed by atoms with Gasteiger partial charge < -0.3 is 5.73 Å². The van der Waals surface area contributed by atoms with Gasteiger partial charge in [-0.15, -0.1) is 0 Å². The van der Waals surface area contributed by atoms with Crippen LogP contribution in [0.2, 0.25) is 0 Å². The average molecular weight is 279 g/mol. The monoisotopic (exact) mass is 279 g/mol. The maximum atomic E-state index is 5.91. The van der Waals surface area contributed by atoms with E-state index in [9.17, 15) is 0 Å². The van der Waals surface area contributed by atoms with E-state index < -0.39 is 0 Å². The molecule has 0 spiro atoms. The molecule has 2 rings (SSSR count). The van der Waals surface area contributed by atoms with Gasteiger partial charge in [0.2, 0.25) is 0 Å². The lowest BCUT2D eigenvalue weighted by molar-refractivity contribution is 0.952. The van der Waals surface area contributed by atoms with Gasteiger partial charge in [0, 0.05) is 23.0 Å². The number of hydrogen-bond donors (Lipinski definition) is 1. The van der Waals surface area contributed by atoms with Crippen molar-refractivity contribution in [3.8, 4) is 0 Å². The molecule has 0 fully saturated rings. The average Bonchev–Trinajstić information content (AvgIpc) is 2.82. The van der Waals surface area contributed by atoms with Gasteiger partial charge >= 0.3 is 0 Å². The molecule has 21 heavy (non-hydrogen) atoms. The van der Waals surface area contributed by atoms with Gasteiger partial charge in [0.15, 0.2) is 0 Å². The van der Waals surface area contributed by atoms with E-state index in [0.717, 1.165) is 28.0 Å². The predicted octanol–water partition coefficient (Wildman–Crippen LogP) is 4.49. The second-order valence-electron chi connectivity index (χ2n) is 4.70. The Hall–Kier alpha value is -2.55. The fraction of sp³-hybridized carbons (Fsp3) is 0.167. The van der Waals surface area contributed by atoms with Crippen LogP contribution in [0.15, 0.2) is 54.8 Å². The zero-order chi connectivity index (χ0) is 15.2. The predicted molar refractivity (Wildman–Crippen MR) is 91.9 cm³/mol. The molecule has 0 bridgehead atoms. The molecule has 2 aromatic heterocycles. The molecule has 3 nitrogen and oxygen atoms in total. The van der Waals surface area contributed by atoms with Crippen molar-refractivity contribution in [3.63, 3.8) is 0 Å². The Balaban J connectivity index is 2.74. The number of nitrogens with zero attached hydrogens (tertiary/aromatic N) is 2. The zero-order valence-electron chi connectivity index (χ0n) is 12.7. The number of allylic oxidation sites excluding steroid dienone is 7. The highest BCUT2D eigenvalue weighted by molar-refractivity contribution is 5.85. The smallest absolute Gasteiger partial charge is 0.101 e. The summed E-state index contributed by atoms with van der Waals surface area (Å²) in [5.74, 6) is 0. The van der Waals surface area contributed by atoms with Gasteiger partial charge in [-0.2, -0.15) is 5.10 Å². The molecule has 0 aromatic carbocycles. The Kier molecular flexibility index (Phi) is 4.77. The van der Waals surface area contributed by atoms with E-state index >= 15 is 0 Å². The zero-order valence-corrected chi connectivity index (χ0v) is 12.7. The lowest BCUT2D eigenvalue weighted by Gasteiger charge is -1.99. The highest BCUT2D eigenvalue weighted by Gasteiger charge is 2.12. The van der Waals surface area contributed by atoms with Crippen LogP contribution in [0.5, 0.6) is 0 Å². The summed E-state index contributed by atoms with van der Waals surface area (Å²) in [7, 11) is 0. The van der Waals surface area contributed by atoms with Crippen LogP contribution in [-0.4, -0.2) is 9.61 Å². The van der Waals surface area contributed by atoms with Crippen LogP contribution >= 0.6 is 0 Å². The van der Waals surface area contributed by atoms with Crippen molar-refractivity contribution in [2.24, 2.45) is 0 Å². The second-order valence-corrected chi connectivity index (χ2v) is 4.70. The molecule has 0 radical (unpaired) electrons. The van der Waals surface area contributed by atoms with Crippen molar-refractivity contribution in [3.05, 3.63) is 66.0 Å². The molecule has 0 unspecified atom stereocenters. The van der Waals surface area contributed by atoms with Gasteiger partial charge in [0.1, 0.15) is 5.69 Å². The number of pyridine rings is 1.